The van der Waals surface area contributed by atoms with Crippen molar-refractivity contribution in [3.63, 3.8) is 0 Å². The van der Waals surface area contributed by atoms with Crippen molar-refractivity contribution in [2.45, 2.75) is 24.4 Å². The lowest BCUT2D eigenvalue weighted by atomic mass is 10.1. The molecule has 3 aromatic rings. The second-order valence-corrected chi connectivity index (χ2v) is 7.05. The summed E-state index contributed by atoms with van der Waals surface area (Å²) in [5.41, 5.74) is 1.93. The van der Waals surface area contributed by atoms with Gasteiger partial charge in [-0.3, -0.25) is 0 Å². The van der Waals surface area contributed by atoms with Crippen LogP contribution in [0.5, 0.6) is 5.75 Å². The van der Waals surface area contributed by atoms with Gasteiger partial charge in [0, 0.05) is 17.3 Å². The summed E-state index contributed by atoms with van der Waals surface area (Å²) in [5, 5.41) is 20.8. The fourth-order valence-electron chi connectivity index (χ4n) is 2.62. The van der Waals surface area contributed by atoms with Gasteiger partial charge in [-0.1, -0.05) is 47.6 Å². The molecule has 1 heterocycles. The Hall–Kier alpha value is -2.51. The van der Waals surface area contributed by atoms with Gasteiger partial charge in [0.2, 0.25) is 0 Å². The molecular formula is C19H17ClN3O3S-. The molecule has 0 radical (unpaired) electrons. The molecule has 6 nitrogen and oxygen atoms in total. The third kappa shape index (κ3) is 4.26. The summed E-state index contributed by atoms with van der Waals surface area (Å²) in [4.78, 5) is 10.8. The van der Waals surface area contributed by atoms with Gasteiger partial charge < -0.3 is 19.2 Å². The number of benzene rings is 2. The number of carboxylic acid groups (broad SMARTS) is 1. The van der Waals surface area contributed by atoms with Crippen molar-refractivity contribution in [2.75, 3.05) is 7.11 Å². The molecule has 0 spiro atoms. The number of thioether (sulfide) groups is 1. The molecule has 1 aromatic heterocycles. The summed E-state index contributed by atoms with van der Waals surface area (Å²) in [6, 6.07) is 12.0. The molecular weight excluding hydrogens is 386 g/mol. The number of aromatic nitrogens is 3. The van der Waals surface area contributed by atoms with E-state index in [9.17, 15) is 9.90 Å². The van der Waals surface area contributed by atoms with E-state index in [1.165, 1.54) is 23.9 Å². The van der Waals surface area contributed by atoms with Crippen LogP contribution in [0.1, 0.15) is 22.8 Å². The normalized spacial score (nSPS) is 10.8. The van der Waals surface area contributed by atoms with Gasteiger partial charge in [-0.05, 0) is 36.2 Å². The van der Waals surface area contributed by atoms with E-state index in [1.54, 1.807) is 31.4 Å². The Morgan fingerprint density at radius 1 is 1.22 bits per heavy atom. The molecule has 140 valence electrons. The van der Waals surface area contributed by atoms with Crippen molar-refractivity contribution in [3.05, 3.63) is 58.6 Å². The van der Waals surface area contributed by atoms with Crippen molar-refractivity contribution in [1.82, 2.24) is 14.8 Å². The number of carbonyl (C=O) groups is 1. The first-order valence-electron chi connectivity index (χ1n) is 8.23. The Morgan fingerprint density at radius 3 is 2.59 bits per heavy atom. The molecule has 0 aliphatic carbocycles. The molecule has 3 rings (SSSR count). The number of rotatable bonds is 7. The number of ether oxygens (including phenoxy) is 1. The third-order valence-corrected chi connectivity index (χ3v) is 5.27. The van der Waals surface area contributed by atoms with E-state index in [0.717, 1.165) is 16.3 Å². The zero-order valence-corrected chi connectivity index (χ0v) is 16.4. The van der Waals surface area contributed by atoms with Crippen LogP contribution in [0.25, 0.3) is 11.4 Å². The minimum Gasteiger partial charge on any atom is -0.545 e. The van der Waals surface area contributed by atoms with E-state index in [0.29, 0.717) is 28.9 Å². The highest BCUT2D eigenvalue weighted by Gasteiger charge is 2.17. The first kappa shape index (κ1) is 19.3. The van der Waals surface area contributed by atoms with E-state index in [2.05, 4.69) is 10.2 Å². The number of carbonyl (C=O) groups excluding carboxylic acids is 1. The largest absolute Gasteiger partial charge is 0.545 e. The number of hydrogen-bond acceptors (Lipinski definition) is 6. The van der Waals surface area contributed by atoms with Gasteiger partial charge in [-0.2, -0.15) is 0 Å². The molecule has 2 aromatic carbocycles. The summed E-state index contributed by atoms with van der Waals surface area (Å²) in [7, 11) is 1.60. The zero-order chi connectivity index (χ0) is 19.4. The molecule has 0 amide bonds. The minimum absolute atomic E-state index is 0.163. The van der Waals surface area contributed by atoms with Gasteiger partial charge in [-0.15, -0.1) is 10.2 Å². The first-order valence-corrected chi connectivity index (χ1v) is 9.60. The Labute approximate surface area is 166 Å². The maximum atomic E-state index is 10.8. The molecule has 0 saturated carbocycles. The van der Waals surface area contributed by atoms with E-state index < -0.39 is 5.97 Å². The van der Waals surface area contributed by atoms with Crippen LogP contribution in [-0.2, 0) is 12.3 Å². The number of halogens is 1. The molecule has 0 atom stereocenters. The third-order valence-electron chi connectivity index (χ3n) is 3.99. The van der Waals surface area contributed by atoms with E-state index in [-0.39, 0.29) is 5.56 Å². The quantitative estimate of drug-likeness (QED) is 0.564. The van der Waals surface area contributed by atoms with E-state index in [1.807, 2.05) is 17.6 Å². The van der Waals surface area contributed by atoms with Crippen LogP contribution in [0, 0.1) is 0 Å². The number of carboxylic acids is 1. The average Bonchev–Trinajstić information content (AvgIpc) is 3.09. The van der Waals surface area contributed by atoms with Crippen molar-refractivity contribution in [1.29, 1.82) is 0 Å². The molecule has 0 saturated heterocycles. The summed E-state index contributed by atoms with van der Waals surface area (Å²) in [5.74, 6) is 0.820. The average molecular weight is 403 g/mol. The summed E-state index contributed by atoms with van der Waals surface area (Å²) in [6.45, 7) is 2.70. The van der Waals surface area contributed by atoms with Crippen LogP contribution < -0.4 is 9.84 Å². The summed E-state index contributed by atoms with van der Waals surface area (Å²) < 4.78 is 7.42. The Morgan fingerprint density at radius 2 is 1.96 bits per heavy atom. The smallest absolute Gasteiger partial charge is 0.191 e. The first-order chi connectivity index (χ1) is 13.0. The zero-order valence-electron chi connectivity index (χ0n) is 14.8. The van der Waals surface area contributed by atoms with Crippen molar-refractivity contribution < 1.29 is 14.6 Å². The molecule has 0 aliphatic rings. The highest BCUT2D eigenvalue weighted by Crippen LogP contribution is 2.33. The Bertz CT molecular complexity index is 957. The molecule has 0 unspecified atom stereocenters. The fraction of sp³-hybridized carbons (Fsp3) is 0.211. The molecule has 0 fully saturated rings. The van der Waals surface area contributed by atoms with Crippen LogP contribution in [0.3, 0.4) is 0 Å². The number of methoxy groups -OCH3 is 1. The lowest BCUT2D eigenvalue weighted by Gasteiger charge is -2.11. The predicted octanol–water partition coefficient (Wildman–Crippen LogP) is 3.28. The van der Waals surface area contributed by atoms with Crippen molar-refractivity contribution >= 4 is 29.3 Å². The Kier molecular flexibility index (Phi) is 6.03. The van der Waals surface area contributed by atoms with Gasteiger partial charge >= 0.3 is 0 Å². The molecule has 0 N–H and O–H groups in total. The summed E-state index contributed by atoms with van der Waals surface area (Å²) in [6.07, 6.45) is 0. The van der Waals surface area contributed by atoms with Gasteiger partial charge in [-0.25, -0.2) is 0 Å². The number of aromatic carboxylic acids is 1. The van der Waals surface area contributed by atoms with Crippen LogP contribution in [0.15, 0.2) is 47.6 Å². The minimum atomic E-state index is -1.18. The molecule has 0 aliphatic heterocycles. The predicted molar refractivity (Wildman–Crippen MR) is 103 cm³/mol. The lowest BCUT2D eigenvalue weighted by molar-refractivity contribution is -0.255. The highest BCUT2D eigenvalue weighted by atomic mass is 35.5. The maximum Gasteiger partial charge on any atom is 0.191 e. The highest BCUT2D eigenvalue weighted by molar-refractivity contribution is 7.98. The van der Waals surface area contributed by atoms with Crippen LogP contribution in [0.2, 0.25) is 5.02 Å². The monoisotopic (exact) mass is 402 g/mol. The van der Waals surface area contributed by atoms with Gasteiger partial charge in [0.15, 0.2) is 11.0 Å². The van der Waals surface area contributed by atoms with Gasteiger partial charge in [0.25, 0.3) is 0 Å². The van der Waals surface area contributed by atoms with Gasteiger partial charge in [0.05, 0.1) is 18.6 Å². The SMILES string of the molecule is CCn1c(SCc2ccc(C(=O)[O-])cc2)nnc1-c1cc(Cl)ccc1OC. The van der Waals surface area contributed by atoms with E-state index in [4.69, 9.17) is 16.3 Å². The maximum absolute atomic E-state index is 10.8. The fourth-order valence-corrected chi connectivity index (χ4v) is 3.75. The second-order valence-electron chi connectivity index (χ2n) is 5.67. The van der Waals surface area contributed by atoms with Crippen LogP contribution in [0.4, 0.5) is 0 Å². The van der Waals surface area contributed by atoms with Crippen LogP contribution in [-0.4, -0.2) is 27.8 Å². The molecule has 27 heavy (non-hydrogen) atoms. The van der Waals surface area contributed by atoms with Gasteiger partial charge in [0.1, 0.15) is 5.75 Å². The standard InChI is InChI=1S/C19H18ClN3O3S/c1-3-23-17(15-10-14(20)8-9-16(15)26-2)21-22-19(23)27-11-12-4-6-13(7-5-12)18(24)25/h4-10H,3,11H2,1-2H3,(H,24,25)/p-1. The Balaban J connectivity index is 1.84. The van der Waals surface area contributed by atoms with Crippen molar-refractivity contribution in [3.8, 4) is 17.1 Å². The molecule has 0 bridgehead atoms. The number of hydrogen-bond donors (Lipinski definition) is 0. The molecule has 8 heteroatoms. The summed E-state index contributed by atoms with van der Waals surface area (Å²) >= 11 is 7.66. The van der Waals surface area contributed by atoms with Crippen molar-refractivity contribution in [2.24, 2.45) is 0 Å². The lowest BCUT2D eigenvalue weighted by Crippen LogP contribution is -2.21. The second kappa shape index (κ2) is 8.45. The van der Waals surface area contributed by atoms with E-state index >= 15 is 0 Å². The van der Waals surface area contributed by atoms with Crippen LogP contribution >= 0.6 is 23.4 Å². The topological polar surface area (TPSA) is 80.1 Å². The number of nitrogens with zero attached hydrogens (tertiary/aromatic N) is 3.